The van der Waals surface area contributed by atoms with Crippen LogP contribution in [-0.2, 0) is 9.53 Å². The predicted octanol–water partition coefficient (Wildman–Crippen LogP) is 2.14. The summed E-state index contributed by atoms with van der Waals surface area (Å²) in [5.74, 6) is -0.282. The first kappa shape index (κ1) is 11.3. The monoisotopic (exact) mass is 205 g/mol. The van der Waals surface area contributed by atoms with Gasteiger partial charge in [-0.3, -0.25) is 4.79 Å². The molecule has 1 aromatic rings. The van der Waals surface area contributed by atoms with E-state index in [2.05, 4.69) is 11.9 Å². The highest BCUT2D eigenvalue weighted by Gasteiger charge is 2.00. The van der Waals surface area contributed by atoms with Gasteiger partial charge in [-0.05, 0) is 19.1 Å². The molecular weight excluding hydrogens is 190 g/mol. The van der Waals surface area contributed by atoms with Gasteiger partial charge in [0.1, 0.15) is 13.2 Å². The van der Waals surface area contributed by atoms with Crippen molar-refractivity contribution in [1.29, 1.82) is 0 Å². The molecule has 80 valence electrons. The molecule has 0 heterocycles. The average molecular weight is 205 g/mol. The maximum Gasteiger partial charge on any atom is 0.325 e. The Labute approximate surface area is 89.8 Å². The number of rotatable bonds is 5. The van der Waals surface area contributed by atoms with E-state index in [1.807, 2.05) is 31.2 Å². The van der Waals surface area contributed by atoms with Crippen LogP contribution in [0.25, 0.3) is 0 Å². The minimum atomic E-state index is -0.282. The molecule has 3 nitrogen and oxygen atoms in total. The number of benzene rings is 1. The lowest BCUT2D eigenvalue weighted by Gasteiger charge is -2.05. The number of hydrogen-bond donors (Lipinski definition) is 1. The summed E-state index contributed by atoms with van der Waals surface area (Å²) in [5.41, 5.74) is 2.10. The van der Waals surface area contributed by atoms with Crippen molar-refractivity contribution in [2.24, 2.45) is 0 Å². The quantitative estimate of drug-likeness (QED) is 0.591. The number of carbonyl (C=O) groups is 1. The van der Waals surface area contributed by atoms with Crippen molar-refractivity contribution in [3.05, 3.63) is 42.5 Å². The first-order valence-electron chi connectivity index (χ1n) is 4.79. The van der Waals surface area contributed by atoms with Crippen LogP contribution in [0.3, 0.4) is 0 Å². The Balaban J connectivity index is 2.33. The van der Waals surface area contributed by atoms with E-state index in [4.69, 9.17) is 4.74 Å². The third kappa shape index (κ3) is 4.31. The SMILES string of the molecule is C=CCOC(=O)CNc1ccc(C)cc1. The molecule has 0 fully saturated rings. The van der Waals surface area contributed by atoms with Gasteiger partial charge in [-0.1, -0.05) is 30.4 Å². The molecule has 0 radical (unpaired) electrons. The zero-order valence-corrected chi connectivity index (χ0v) is 8.82. The van der Waals surface area contributed by atoms with Crippen LogP contribution in [0.2, 0.25) is 0 Å². The summed E-state index contributed by atoms with van der Waals surface area (Å²) in [5, 5.41) is 2.97. The van der Waals surface area contributed by atoms with Gasteiger partial charge in [-0.2, -0.15) is 0 Å². The van der Waals surface area contributed by atoms with E-state index >= 15 is 0 Å². The van der Waals surface area contributed by atoms with E-state index in [-0.39, 0.29) is 19.1 Å². The molecule has 0 aliphatic rings. The highest BCUT2D eigenvalue weighted by atomic mass is 16.5. The fraction of sp³-hybridized carbons (Fsp3) is 0.250. The van der Waals surface area contributed by atoms with E-state index in [9.17, 15) is 4.79 Å². The predicted molar refractivity (Wildman–Crippen MR) is 60.8 cm³/mol. The van der Waals surface area contributed by atoms with Crippen molar-refractivity contribution >= 4 is 11.7 Å². The number of carbonyl (C=O) groups excluding carboxylic acids is 1. The van der Waals surface area contributed by atoms with Gasteiger partial charge in [0, 0.05) is 5.69 Å². The fourth-order valence-electron chi connectivity index (χ4n) is 1.05. The van der Waals surface area contributed by atoms with Crippen LogP contribution in [0.4, 0.5) is 5.69 Å². The van der Waals surface area contributed by atoms with Gasteiger partial charge in [0.15, 0.2) is 0 Å². The Kier molecular flexibility index (Phi) is 4.41. The second kappa shape index (κ2) is 5.86. The second-order valence-corrected chi connectivity index (χ2v) is 3.19. The minimum Gasteiger partial charge on any atom is -0.460 e. The van der Waals surface area contributed by atoms with Crippen LogP contribution in [0.1, 0.15) is 5.56 Å². The van der Waals surface area contributed by atoms with Crippen LogP contribution < -0.4 is 5.32 Å². The van der Waals surface area contributed by atoms with Crippen LogP contribution in [0.15, 0.2) is 36.9 Å². The third-order valence-electron chi connectivity index (χ3n) is 1.85. The Bertz CT molecular complexity index is 330. The molecule has 1 N–H and O–H groups in total. The minimum absolute atomic E-state index is 0.177. The van der Waals surface area contributed by atoms with Crippen LogP contribution >= 0.6 is 0 Å². The van der Waals surface area contributed by atoms with Gasteiger partial charge in [-0.15, -0.1) is 0 Å². The molecule has 0 aromatic heterocycles. The van der Waals surface area contributed by atoms with Gasteiger partial charge >= 0.3 is 5.97 Å². The normalized spacial score (nSPS) is 9.40. The third-order valence-corrected chi connectivity index (χ3v) is 1.85. The van der Waals surface area contributed by atoms with Gasteiger partial charge < -0.3 is 10.1 Å². The largest absolute Gasteiger partial charge is 0.460 e. The van der Waals surface area contributed by atoms with E-state index < -0.39 is 0 Å². The molecule has 15 heavy (non-hydrogen) atoms. The summed E-state index contributed by atoms with van der Waals surface area (Å²) >= 11 is 0. The summed E-state index contributed by atoms with van der Waals surface area (Å²) in [6.07, 6.45) is 1.55. The van der Waals surface area contributed by atoms with Gasteiger partial charge in [0.2, 0.25) is 0 Å². The van der Waals surface area contributed by atoms with Crippen molar-refractivity contribution in [1.82, 2.24) is 0 Å². The topological polar surface area (TPSA) is 38.3 Å². The molecule has 0 saturated carbocycles. The molecule has 0 spiro atoms. The summed E-state index contributed by atoms with van der Waals surface area (Å²) in [6.45, 7) is 5.91. The smallest absolute Gasteiger partial charge is 0.325 e. The maximum atomic E-state index is 11.1. The maximum absolute atomic E-state index is 11.1. The van der Waals surface area contributed by atoms with Crippen LogP contribution in [-0.4, -0.2) is 19.1 Å². The second-order valence-electron chi connectivity index (χ2n) is 3.19. The van der Waals surface area contributed by atoms with E-state index in [1.54, 1.807) is 6.08 Å². The summed E-state index contributed by atoms with van der Waals surface area (Å²) < 4.78 is 4.82. The van der Waals surface area contributed by atoms with Crippen LogP contribution in [0.5, 0.6) is 0 Å². The Morgan fingerprint density at radius 3 is 2.73 bits per heavy atom. The first-order valence-corrected chi connectivity index (χ1v) is 4.79. The van der Waals surface area contributed by atoms with Gasteiger partial charge in [-0.25, -0.2) is 0 Å². The Morgan fingerprint density at radius 1 is 1.47 bits per heavy atom. The molecule has 0 bridgehead atoms. The Morgan fingerprint density at radius 2 is 2.13 bits per heavy atom. The fourth-order valence-corrected chi connectivity index (χ4v) is 1.05. The zero-order chi connectivity index (χ0) is 11.1. The van der Waals surface area contributed by atoms with Gasteiger partial charge in [0.25, 0.3) is 0 Å². The highest BCUT2D eigenvalue weighted by Crippen LogP contribution is 2.07. The lowest BCUT2D eigenvalue weighted by molar-refractivity contribution is -0.140. The van der Waals surface area contributed by atoms with Crippen molar-refractivity contribution in [2.75, 3.05) is 18.5 Å². The molecule has 0 aliphatic heterocycles. The highest BCUT2D eigenvalue weighted by molar-refractivity contribution is 5.75. The van der Waals surface area contributed by atoms with Gasteiger partial charge in [0.05, 0.1) is 0 Å². The number of ether oxygens (including phenoxy) is 1. The standard InChI is InChI=1S/C12H15NO2/c1-3-8-15-12(14)9-13-11-6-4-10(2)5-7-11/h3-7,13H,1,8-9H2,2H3. The van der Waals surface area contributed by atoms with Crippen molar-refractivity contribution in [2.45, 2.75) is 6.92 Å². The molecule has 0 saturated heterocycles. The van der Waals surface area contributed by atoms with E-state index in [0.717, 1.165) is 5.69 Å². The molecule has 0 atom stereocenters. The number of nitrogens with one attached hydrogen (secondary N) is 1. The number of anilines is 1. The van der Waals surface area contributed by atoms with E-state index in [0.29, 0.717) is 0 Å². The summed E-state index contributed by atoms with van der Waals surface area (Å²) in [4.78, 5) is 11.1. The zero-order valence-electron chi connectivity index (χ0n) is 8.82. The molecular formula is C12H15NO2. The molecule has 1 aromatic carbocycles. The van der Waals surface area contributed by atoms with Crippen molar-refractivity contribution in [3.63, 3.8) is 0 Å². The lowest BCUT2D eigenvalue weighted by Crippen LogP contribution is -2.16. The lowest BCUT2D eigenvalue weighted by atomic mass is 10.2. The van der Waals surface area contributed by atoms with E-state index in [1.165, 1.54) is 5.56 Å². The average Bonchev–Trinajstić information content (AvgIpc) is 2.25. The number of hydrogen-bond acceptors (Lipinski definition) is 3. The van der Waals surface area contributed by atoms with Crippen LogP contribution in [0, 0.1) is 6.92 Å². The van der Waals surface area contributed by atoms with Crippen molar-refractivity contribution < 1.29 is 9.53 Å². The Hall–Kier alpha value is -1.77. The number of aryl methyl sites for hydroxylation is 1. The first-order chi connectivity index (χ1) is 7.22. The molecule has 3 heteroatoms. The molecule has 0 unspecified atom stereocenters. The molecule has 1 rings (SSSR count). The molecule has 0 aliphatic carbocycles. The number of esters is 1. The summed E-state index contributed by atoms with van der Waals surface area (Å²) in [6, 6.07) is 7.82. The molecule has 0 amide bonds. The van der Waals surface area contributed by atoms with Crippen molar-refractivity contribution in [3.8, 4) is 0 Å². The summed E-state index contributed by atoms with van der Waals surface area (Å²) in [7, 11) is 0.